The third-order valence-electron chi connectivity index (χ3n) is 4.83. The normalized spacial score (nSPS) is 10.7. The Morgan fingerprint density at radius 3 is 2.48 bits per heavy atom. The first-order chi connectivity index (χ1) is 15.7. The molecule has 172 valence electrons. The molecule has 3 rings (SSSR count). The van der Waals surface area contributed by atoms with E-state index in [9.17, 15) is 19.2 Å². The van der Waals surface area contributed by atoms with Crippen molar-refractivity contribution in [3.8, 4) is 5.69 Å². The first-order valence-corrected chi connectivity index (χ1v) is 10.7. The van der Waals surface area contributed by atoms with Crippen LogP contribution < -0.4 is 16.6 Å². The van der Waals surface area contributed by atoms with Crippen LogP contribution in [-0.4, -0.2) is 51.7 Å². The van der Waals surface area contributed by atoms with Gasteiger partial charge in [-0.1, -0.05) is 41.4 Å². The van der Waals surface area contributed by atoms with E-state index in [2.05, 4.69) is 10.4 Å². The van der Waals surface area contributed by atoms with E-state index in [1.165, 1.54) is 37.2 Å². The number of hydrogen-bond acceptors (Lipinski definition) is 5. The number of carbonyl (C=O) groups is 2. The number of hydrogen-bond donors (Lipinski definition) is 1. The Bertz CT molecular complexity index is 1320. The highest BCUT2D eigenvalue weighted by Crippen LogP contribution is 2.19. The van der Waals surface area contributed by atoms with Crippen LogP contribution >= 0.6 is 23.2 Å². The average molecular weight is 490 g/mol. The highest BCUT2D eigenvalue weighted by Gasteiger charge is 2.16. The number of aromatic nitrogens is 3. The highest BCUT2D eigenvalue weighted by atomic mass is 35.5. The number of nitrogens with zero attached hydrogens (tertiary/aromatic N) is 4. The van der Waals surface area contributed by atoms with Gasteiger partial charge in [0.15, 0.2) is 0 Å². The summed E-state index contributed by atoms with van der Waals surface area (Å²) in [6.45, 7) is -0.116. The molecule has 2 amide bonds. The van der Waals surface area contributed by atoms with Gasteiger partial charge < -0.3 is 10.2 Å². The van der Waals surface area contributed by atoms with Gasteiger partial charge in [-0.15, -0.1) is 0 Å². The van der Waals surface area contributed by atoms with E-state index in [1.807, 2.05) is 18.2 Å². The predicted octanol–water partition coefficient (Wildman–Crippen LogP) is 1.76. The van der Waals surface area contributed by atoms with E-state index in [-0.39, 0.29) is 16.3 Å². The van der Waals surface area contributed by atoms with E-state index in [4.69, 9.17) is 23.2 Å². The molecule has 0 aliphatic rings. The molecule has 1 heterocycles. The molecule has 33 heavy (non-hydrogen) atoms. The van der Waals surface area contributed by atoms with Crippen molar-refractivity contribution in [3.05, 3.63) is 90.7 Å². The number of likely N-dealkylation sites (N-methyl/N-ethyl adjacent to an activating group) is 1. The number of carbonyl (C=O) groups excluding carboxylic acids is 2. The number of halogens is 2. The molecule has 0 fully saturated rings. The maximum absolute atomic E-state index is 12.8. The predicted molar refractivity (Wildman–Crippen MR) is 125 cm³/mol. The Morgan fingerprint density at radius 2 is 1.79 bits per heavy atom. The van der Waals surface area contributed by atoms with Crippen LogP contribution in [-0.2, 0) is 17.8 Å². The van der Waals surface area contributed by atoms with Crippen LogP contribution in [0.4, 0.5) is 0 Å². The zero-order chi connectivity index (χ0) is 24.1. The lowest BCUT2D eigenvalue weighted by Crippen LogP contribution is -2.43. The molecule has 0 bridgehead atoms. The Kier molecular flexibility index (Phi) is 7.67. The maximum atomic E-state index is 12.8. The molecule has 0 spiro atoms. The molecule has 1 N–H and O–H groups in total. The summed E-state index contributed by atoms with van der Waals surface area (Å²) < 4.78 is 1.70. The van der Waals surface area contributed by atoms with Crippen molar-refractivity contribution in [1.82, 2.24) is 24.6 Å². The second kappa shape index (κ2) is 10.5. The van der Waals surface area contributed by atoms with Gasteiger partial charge in [-0.25, -0.2) is 9.36 Å². The summed E-state index contributed by atoms with van der Waals surface area (Å²) in [5, 5.41) is 7.42. The van der Waals surface area contributed by atoms with E-state index in [0.29, 0.717) is 18.0 Å². The largest absolute Gasteiger partial charge is 0.352 e. The Labute approximate surface area is 199 Å². The van der Waals surface area contributed by atoms with Crippen molar-refractivity contribution in [3.63, 3.8) is 0 Å². The van der Waals surface area contributed by atoms with Gasteiger partial charge >= 0.3 is 5.69 Å². The van der Waals surface area contributed by atoms with Crippen molar-refractivity contribution in [1.29, 1.82) is 0 Å². The topological polar surface area (TPSA) is 106 Å². The van der Waals surface area contributed by atoms with Gasteiger partial charge in [0.1, 0.15) is 12.7 Å². The summed E-state index contributed by atoms with van der Waals surface area (Å²) in [5.41, 5.74) is -0.288. The fraction of sp³-hybridized carbons (Fsp3) is 0.227. The first kappa shape index (κ1) is 24.2. The van der Waals surface area contributed by atoms with Crippen LogP contribution in [0.3, 0.4) is 0 Å². The fourth-order valence-corrected chi connectivity index (χ4v) is 3.39. The van der Waals surface area contributed by atoms with Crippen LogP contribution in [0, 0.1) is 0 Å². The molecule has 0 saturated carbocycles. The van der Waals surface area contributed by atoms with Gasteiger partial charge in [-0.3, -0.25) is 14.4 Å². The molecule has 11 heteroatoms. The van der Waals surface area contributed by atoms with E-state index >= 15 is 0 Å². The molecular formula is C22H21Cl2N5O4. The fourth-order valence-electron chi connectivity index (χ4n) is 2.96. The lowest BCUT2D eigenvalue weighted by atomic mass is 10.1. The summed E-state index contributed by atoms with van der Waals surface area (Å²) in [4.78, 5) is 50.9. The zero-order valence-electron chi connectivity index (χ0n) is 17.9. The number of rotatable bonds is 7. The second-order valence-corrected chi connectivity index (χ2v) is 8.13. The van der Waals surface area contributed by atoms with Crippen molar-refractivity contribution in [2.75, 3.05) is 20.6 Å². The first-order valence-electron chi connectivity index (χ1n) is 9.90. The van der Waals surface area contributed by atoms with Gasteiger partial charge in [0.05, 0.1) is 16.3 Å². The molecular weight excluding hydrogens is 469 g/mol. The van der Waals surface area contributed by atoms with Crippen molar-refractivity contribution < 1.29 is 9.59 Å². The molecule has 0 unspecified atom stereocenters. The van der Waals surface area contributed by atoms with E-state index < -0.39 is 29.6 Å². The minimum absolute atomic E-state index is 0.129. The van der Waals surface area contributed by atoms with Crippen LogP contribution in [0.15, 0.2) is 58.3 Å². The van der Waals surface area contributed by atoms with Crippen molar-refractivity contribution in [2.45, 2.75) is 13.0 Å². The molecule has 0 aliphatic heterocycles. The lowest BCUT2D eigenvalue weighted by molar-refractivity contribution is -0.129. The summed E-state index contributed by atoms with van der Waals surface area (Å²) in [6.07, 6.45) is 1.46. The van der Waals surface area contributed by atoms with E-state index in [0.717, 1.165) is 21.0 Å². The third kappa shape index (κ3) is 5.68. The molecule has 3 aromatic rings. The minimum Gasteiger partial charge on any atom is -0.352 e. The van der Waals surface area contributed by atoms with Crippen molar-refractivity contribution >= 4 is 35.0 Å². The van der Waals surface area contributed by atoms with E-state index in [1.54, 1.807) is 6.07 Å². The molecule has 0 radical (unpaired) electrons. The van der Waals surface area contributed by atoms with Gasteiger partial charge in [0.2, 0.25) is 5.91 Å². The van der Waals surface area contributed by atoms with Crippen molar-refractivity contribution in [2.24, 2.45) is 0 Å². The number of nitrogens with one attached hydrogen (secondary N) is 1. The second-order valence-electron chi connectivity index (χ2n) is 7.31. The highest BCUT2D eigenvalue weighted by molar-refractivity contribution is 6.34. The van der Waals surface area contributed by atoms with Gasteiger partial charge in [-0.2, -0.15) is 9.78 Å². The molecule has 9 nitrogen and oxygen atoms in total. The van der Waals surface area contributed by atoms with Crippen LogP contribution in [0.2, 0.25) is 10.0 Å². The van der Waals surface area contributed by atoms with Gasteiger partial charge in [0, 0.05) is 25.7 Å². The average Bonchev–Trinajstić information content (AvgIpc) is 2.78. The van der Waals surface area contributed by atoms with Crippen LogP contribution in [0.1, 0.15) is 15.9 Å². The smallest absolute Gasteiger partial charge is 0.352 e. The van der Waals surface area contributed by atoms with Crippen LogP contribution in [0.5, 0.6) is 0 Å². The molecule has 0 saturated heterocycles. The summed E-state index contributed by atoms with van der Waals surface area (Å²) in [7, 11) is 3.03. The Balaban J connectivity index is 1.84. The molecule has 2 aromatic carbocycles. The summed E-state index contributed by atoms with van der Waals surface area (Å²) in [5.74, 6) is -0.875. The number of amides is 2. The molecule has 0 atom stereocenters. The summed E-state index contributed by atoms with van der Waals surface area (Å²) >= 11 is 12.3. The van der Waals surface area contributed by atoms with Gasteiger partial charge in [0.25, 0.3) is 11.5 Å². The molecule has 0 aliphatic carbocycles. The third-order valence-corrected chi connectivity index (χ3v) is 5.53. The zero-order valence-corrected chi connectivity index (χ0v) is 19.4. The quantitative estimate of drug-likeness (QED) is 0.544. The Morgan fingerprint density at radius 1 is 1.06 bits per heavy atom. The molecule has 1 aromatic heterocycles. The SMILES string of the molecule is CN(C)C(=O)Cn1c(=O)cnn(-c2ccc(Cl)c(C(=O)NCCc3ccccc3Cl)c2)c1=O. The Hall–Kier alpha value is -3.43. The minimum atomic E-state index is -0.815. The standard InChI is InChI=1S/C22H21Cl2N5O4/c1-27(2)20(31)13-28-19(30)12-26-29(22(28)33)15-7-8-18(24)16(11-15)21(32)25-10-9-14-5-3-4-6-17(14)23/h3-8,11-12H,9-10,13H2,1-2H3,(H,25,32). The van der Waals surface area contributed by atoms with Crippen LogP contribution in [0.25, 0.3) is 5.69 Å². The number of benzene rings is 2. The maximum Gasteiger partial charge on any atom is 0.352 e. The monoisotopic (exact) mass is 489 g/mol. The van der Waals surface area contributed by atoms with Gasteiger partial charge in [-0.05, 0) is 36.2 Å². The lowest BCUT2D eigenvalue weighted by Gasteiger charge is -2.13. The summed E-state index contributed by atoms with van der Waals surface area (Å²) in [6, 6.07) is 11.7.